The van der Waals surface area contributed by atoms with Crippen molar-refractivity contribution >= 4 is 57.4 Å². The Morgan fingerprint density at radius 1 is 1.00 bits per heavy atom. The molecule has 0 saturated carbocycles. The fraction of sp³-hybridized carbons (Fsp3) is 0.250. The van der Waals surface area contributed by atoms with E-state index in [2.05, 4.69) is 0 Å². The lowest BCUT2D eigenvalue weighted by Gasteiger charge is -2.29. The fourth-order valence-corrected chi connectivity index (χ4v) is 6.25. The number of carbonyl (C=O) groups is 1. The van der Waals surface area contributed by atoms with E-state index in [1.165, 1.54) is 14.0 Å². The number of rotatable bonds is 4. The van der Waals surface area contributed by atoms with Gasteiger partial charge in [0.2, 0.25) is 0 Å². The first-order valence-electron chi connectivity index (χ1n) is 12.7. The van der Waals surface area contributed by atoms with Crippen molar-refractivity contribution in [1.82, 2.24) is 18.7 Å². The number of pyridine rings is 1. The zero-order valence-electron chi connectivity index (χ0n) is 22.2. The minimum Gasteiger partial charge on any atom is -0.378 e. The van der Waals surface area contributed by atoms with Crippen LogP contribution < -0.4 is 20.9 Å². The van der Waals surface area contributed by atoms with Crippen LogP contribution in [0.5, 0.6) is 0 Å². The predicted octanol–water partition coefficient (Wildman–Crippen LogP) is 3.04. The number of thiocarbonyl (C=S) groups is 1. The fourth-order valence-electron chi connectivity index (χ4n) is 4.99. The van der Waals surface area contributed by atoms with Gasteiger partial charge in [0.1, 0.15) is 17.2 Å². The third-order valence-electron chi connectivity index (χ3n) is 7.11. The molecule has 0 aliphatic carbocycles. The number of aromatic nitrogens is 4. The van der Waals surface area contributed by atoms with Gasteiger partial charge in [-0.25, -0.2) is 9.67 Å². The van der Waals surface area contributed by atoms with E-state index in [0.717, 1.165) is 17.3 Å². The molecule has 2 aliphatic heterocycles. The number of ether oxygens (including phenoxy) is 1. The lowest BCUT2D eigenvalue weighted by molar-refractivity contribution is -0.113. The highest BCUT2D eigenvalue weighted by Gasteiger charge is 2.38. The molecule has 0 unspecified atom stereocenters. The zero-order chi connectivity index (χ0) is 28.1. The summed E-state index contributed by atoms with van der Waals surface area (Å²) < 4.78 is 10.4. The van der Waals surface area contributed by atoms with Crippen LogP contribution >= 0.6 is 24.0 Å². The Morgan fingerprint density at radius 3 is 2.45 bits per heavy atom. The minimum absolute atomic E-state index is 0.189. The summed E-state index contributed by atoms with van der Waals surface area (Å²) in [5.74, 6) is 0.0347. The van der Waals surface area contributed by atoms with Crippen molar-refractivity contribution in [3.05, 3.63) is 91.1 Å². The second-order valence-electron chi connectivity index (χ2n) is 9.62. The van der Waals surface area contributed by atoms with E-state index in [1.807, 2.05) is 48.2 Å². The molecule has 3 aromatic heterocycles. The van der Waals surface area contributed by atoms with Crippen molar-refractivity contribution < 1.29 is 9.53 Å². The zero-order valence-corrected chi connectivity index (χ0v) is 23.8. The van der Waals surface area contributed by atoms with Crippen molar-refractivity contribution in [2.24, 2.45) is 7.05 Å². The highest BCUT2D eigenvalue weighted by Crippen LogP contribution is 2.37. The number of aryl methyl sites for hydroxylation is 1. The quantitative estimate of drug-likeness (QED) is 0.271. The molecule has 1 amide bonds. The summed E-state index contributed by atoms with van der Waals surface area (Å²) in [5.41, 5.74) is 2.51. The van der Waals surface area contributed by atoms with Gasteiger partial charge in [-0.1, -0.05) is 48.2 Å². The number of anilines is 2. The van der Waals surface area contributed by atoms with Gasteiger partial charge in [0.25, 0.3) is 17.0 Å². The molecule has 4 aromatic rings. The molecular formula is C28H26N6O4S2. The van der Waals surface area contributed by atoms with E-state index in [-0.39, 0.29) is 31.6 Å². The van der Waals surface area contributed by atoms with Crippen molar-refractivity contribution in [3.63, 3.8) is 0 Å². The summed E-state index contributed by atoms with van der Waals surface area (Å²) in [7, 11) is 1.76. The number of carbonyl (C=O) groups excluding carboxylic acids is 1. The topological polar surface area (TPSA) is 94.1 Å². The summed E-state index contributed by atoms with van der Waals surface area (Å²) in [4.78, 5) is 49.6. The molecule has 0 radical (unpaired) electrons. The Kier molecular flexibility index (Phi) is 6.69. The standard InChI is InChI=1S/C28H26N6O4S2/c1-17-9-10-22-29-24(31-11-13-38-14-12-31)20(25(35)32(22)16-17)15-21-26(36)33(28(39)40-21)23-18(2)30(3)34(27(23)37)19-7-5-4-6-8-19/h4-10,15-16H,11-14H2,1-3H3/b21-15+. The molecule has 6 rings (SSSR count). The maximum absolute atomic E-state index is 13.8. The van der Waals surface area contributed by atoms with Crippen LogP contribution in [0.1, 0.15) is 16.8 Å². The number of hydrogen-bond donors (Lipinski definition) is 0. The molecule has 204 valence electrons. The molecule has 1 aromatic carbocycles. The monoisotopic (exact) mass is 574 g/mol. The van der Waals surface area contributed by atoms with Gasteiger partial charge in [-0.3, -0.25) is 28.4 Å². The van der Waals surface area contributed by atoms with E-state index in [9.17, 15) is 14.4 Å². The molecule has 10 nitrogen and oxygen atoms in total. The van der Waals surface area contributed by atoms with E-state index in [0.29, 0.717) is 49.1 Å². The van der Waals surface area contributed by atoms with Gasteiger partial charge in [0.15, 0.2) is 4.32 Å². The smallest absolute Gasteiger partial charge is 0.296 e. The molecule has 0 spiro atoms. The average Bonchev–Trinajstić information content (AvgIpc) is 3.35. The highest BCUT2D eigenvalue weighted by atomic mass is 32.2. The number of thioether (sulfide) groups is 1. The van der Waals surface area contributed by atoms with Crippen LogP contribution in [0.2, 0.25) is 0 Å². The van der Waals surface area contributed by atoms with Gasteiger partial charge in [-0.15, -0.1) is 0 Å². The predicted molar refractivity (Wildman–Crippen MR) is 161 cm³/mol. The van der Waals surface area contributed by atoms with E-state index in [1.54, 1.807) is 37.0 Å². The SMILES string of the molecule is Cc1ccc2nc(N3CCOCC3)c(/C=C3/SC(=S)N(c4c(C)n(C)n(-c5ccccc5)c4=O)C3=O)c(=O)n2c1. The Bertz CT molecular complexity index is 1830. The first-order chi connectivity index (χ1) is 19.3. The lowest BCUT2D eigenvalue weighted by Crippen LogP contribution is -2.38. The number of benzene rings is 1. The van der Waals surface area contributed by atoms with Crippen molar-refractivity contribution in [3.8, 4) is 5.69 Å². The van der Waals surface area contributed by atoms with Crippen LogP contribution in [0.4, 0.5) is 11.5 Å². The third kappa shape index (κ3) is 4.28. The molecule has 0 bridgehead atoms. The Hall–Kier alpha value is -4.00. The van der Waals surface area contributed by atoms with Gasteiger partial charge in [0.05, 0.1) is 35.1 Å². The van der Waals surface area contributed by atoms with Crippen LogP contribution in [0.25, 0.3) is 17.4 Å². The second-order valence-corrected chi connectivity index (χ2v) is 11.3. The lowest BCUT2D eigenvalue weighted by atomic mass is 10.2. The summed E-state index contributed by atoms with van der Waals surface area (Å²) in [6.07, 6.45) is 3.29. The number of morpholine rings is 1. The van der Waals surface area contributed by atoms with Crippen LogP contribution in [0.3, 0.4) is 0 Å². The minimum atomic E-state index is -0.456. The Labute approximate surface area is 239 Å². The summed E-state index contributed by atoms with van der Waals surface area (Å²) in [6, 6.07) is 12.9. The third-order valence-corrected chi connectivity index (χ3v) is 8.41. The molecule has 0 atom stereocenters. The molecule has 12 heteroatoms. The number of amides is 1. The van der Waals surface area contributed by atoms with Crippen LogP contribution in [0.15, 0.2) is 63.2 Å². The maximum atomic E-state index is 13.8. The Balaban J connectivity index is 1.48. The van der Waals surface area contributed by atoms with E-state index in [4.69, 9.17) is 21.9 Å². The molecule has 2 saturated heterocycles. The molecule has 40 heavy (non-hydrogen) atoms. The summed E-state index contributed by atoms with van der Waals surface area (Å²) >= 11 is 6.67. The molecule has 2 fully saturated rings. The van der Waals surface area contributed by atoms with E-state index < -0.39 is 5.91 Å². The van der Waals surface area contributed by atoms with Gasteiger partial charge in [0, 0.05) is 26.3 Å². The average molecular weight is 575 g/mol. The molecule has 2 aliphatic rings. The van der Waals surface area contributed by atoms with Crippen LogP contribution in [-0.2, 0) is 16.6 Å². The first kappa shape index (κ1) is 26.2. The van der Waals surface area contributed by atoms with Crippen molar-refractivity contribution in [2.75, 3.05) is 36.1 Å². The number of nitrogens with zero attached hydrogens (tertiary/aromatic N) is 6. The van der Waals surface area contributed by atoms with Crippen molar-refractivity contribution in [1.29, 1.82) is 0 Å². The molecular weight excluding hydrogens is 548 g/mol. The molecule has 0 N–H and O–H groups in total. The number of hydrogen-bond acceptors (Lipinski definition) is 8. The summed E-state index contributed by atoms with van der Waals surface area (Å²) in [5, 5.41) is 0. The first-order valence-corrected chi connectivity index (χ1v) is 14.0. The van der Waals surface area contributed by atoms with Gasteiger partial charge < -0.3 is 9.64 Å². The molecule has 5 heterocycles. The van der Waals surface area contributed by atoms with Crippen LogP contribution in [0, 0.1) is 13.8 Å². The van der Waals surface area contributed by atoms with Gasteiger partial charge in [-0.05, 0) is 43.7 Å². The Morgan fingerprint density at radius 2 is 1.73 bits per heavy atom. The number of para-hydroxylation sites is 1. The van der Waals surface area contributed by atoms with Gasteiger partial charge >= 0.3 is 0 Å². The maximum Gasteiger partial charge on any atom is 0.296 e. The second kappa shape index (κ2) is 10.2. The normalized spacial score (nSPS) is 17.0. The van der Waals surface area contributed by atoms with Gasteiger partial charge in [-0.2, -0.15) is 0 Å². The highest BCUT2D eigenvalue weighted by molar-refractivity contribution is 8.27. The van der Waals surface area contributed by atoms with E-state index >= 15 is 0 Å². The van der Waals surface area contributed by atoms with Crippen molar-refractivity contribution in [2.45, 2.75) is 13.8 Å². The largest absolute Gasteiger partial charge is 0.378 e. The summed E-state index contributed by atoms with van der Waals surface area (Å²) in [6.45, 7) is 5.83. The number of fused-ring (bicyclic) bond motifs is 1. The van der Waals surface area contributed by atoms with Crippen LogP contribution in [-0.4, -0.2) is 55.3 Å².